The molecule has 0 aromatic carbocycles. The lowest BCUT2D eigenvalue weighted by atomic mass is 9.67. The lowest BCUT2D eigenvalue weighted by Gasteiger charge is -2.41. The fourth-order valence-electron chi connectivity index (χ4n) is 5.03. The van der Waals surface area contributed by atoms with E-state index in [1.165, 1.54) is 25.7 Å². The van der Waals surface area contributed by atoms with Gasteiger partial charge >= 0.3 is 18.0 Å². The molecule has 0 heterocycles. The summed E-state index contributed by atoms with van der Waals surface area (Å²) in [5.74, 6) is -11.6. The number of unbranched alkanes of at least 4 members (excludes halogenated alkanes) is 2. The van der Waals surface area contributed by atoms with Crippen LogP contribution in [-0.2, 0) is 0 Å². The molecule has 2 aliphatic rings. The summed E-state index contributed by atoms with van der Waals surface area (Å²) in [5, 5.41) is 0. The molecular weight excluding hydrogens is 373 g/mol. The first-order valence-electron chi connectivity index (χ1n) is 10.3. The third-order valence-corrected chi connectivity index (χ3v) is 6.83. The van der Waals surface area contributed by atoms with E-state index in [4.69, 9.17) is 0 Å². The maximum absolute atomic E-state index is 13.9. The Bertz CT molecular complexity index is 442. The minimum absolute atomic E-state index is 0.188. The minimum Gasteiger partial charge on any atom is -0.199 e. The molecule has 0 bridgehead atoms. The highest BCUT2D eigenvalue weighted by Crippen LogP contribution is 2.54. The van der Waals surface area contributed by atoms with Crippen LogP contribution in [0.1, 0.15) is 84.0 Å². The molecule has 0 saturated heterocycles. The van der Waals surface area contributed by atoms with E-state index in [2.05, 4.69) is 6.92 Å². The van der Waals surface area contributed by atoms with E-state index in [0.717, 1.165) is 31.6 Å². The van der Waals surface area contributed by atoms with Gasteiger partial charge in [-0.3, -0.25) is 0 Å². The first-order valence-corrected chi connectivity index (χ1v) is 10.3. The van der Waals surface area contributed by atoms with Gasteiger partial charge in [-0.05, 0) is 56.3 Å². The Morgan fingerprint density at radius 3 is 1.59 bits per heavy atom. The van der Waals surface area contributed by atoms with Gasteiger partial charge in [-0.1, -0.05) is 45.4 Å². The molecular formula is C20H31F7. The molecule has 7 heteroatoms. The molecule has 0 aliphatic heterocycles. The molecule has 0 atom stereocenters. The monoisotopic (exact) mass is 404 g/mol. The SMILES string of the molecule is CCCCC[C@H]1CC[C@H]([C@H]2CC[C@H](C(F)(F)C(F)(F)C(F)(F)F)CC2)CC1. The van der Waals surface area contributed by atoms with Crippen LogP contribution in [0, 0.1) is 23.7 Å². The highest BCUT2D eigenvalue weighted by atomic mass is 19.4. The Morgan fingerprint density at radius 1 is 0.667 bits per heavy atom. The highest BCUT2D eigenvalue weighted by molar-refractivity contribution is 4.97. The topological polar surface area (TPSA) is 0 Å². The molecule has 2 fully saturated rings. The molecule has 0 aromatic heterocycles. The van der Waals surface area contributed by atoms with Crippen molar-refractivity contribution in [3.05, 3.63) is 0 Å². The van der Waals surface area contributed by atoms with Gasteiger partial charge in [-0.2, -0.15) is 30.7 Å². The van der Waals surface area contributed by atoms with E-state index in [1.807, 2.05) is 0 Å². The van der Waals surface area contributed by atoms with E-state index in [0.29, 0.717) is 18.8 Å². The van der Waals surface area contributed by atoms with Gasteiger partial charge in [0.05, 0.1) is 0 Å². The smallest absolute Gasteiger partial charge is 0.199 e. The van der Waals surface area contributed by atoms with Gasteiger partial charge in [0.15, 0.2) is 0 Å². The van der Waals surface area contributed by atoms with Crippen molar-refractivity contribution in [2.24, 2.45) is 23.7 Å². The Hall–Kier alpha value is -0.490. The molecule has 160 valence electrons. The van der Waals surface area contributed by atoms with Crippen LogP contribution in [0.15, 0.2) is 0 Å². The molecule has 2 rings (SSSR count). The van der Waals surface area contributed by atoms with E-state index in [9.17, 15) is 30.7 Å². The zero-order valence-corrected chi connectivity index (χ0v) is 15.9. The van der Waals surface area contributed by atoms with Crippen LogP contribution in [-0.4, -0.2) is 18.0 Å². The average Bonchev–Trinajstić information content (AvgIpc) is 2.61. The summed E-state index contributed by atoms with van der Waals surface area (Å²) in [6.45, 7) is 2.17. The Labute approximate surface area is 157 Å². The summed E-state index contributed by atoms with van der Waals surface area (Å²) in [6, 6.07) is 0. The molecule has 0 radical (unpaired) electrons. The van der Waals surface area contributed by atoms with Crippen molar-refractivity contribution in [3.8, 4) is 0 Å². The molecule has 0 aromatic rings. The predicted molar refractivity (Wildman–Crippen MR) is 91.0 cm³/mol. The van der Waals surface area contributed by atoms with Crippen LogP contribution in [0.2, 0.25) is 0 Å². The number of alkyl halides is 7. The normalized spacial score (nSPS) is 31.1. The van der Waals surface area contributed by atoms with Gasteiger partial charge in [0, 0.05) is 5.92 Å². The van der Waals surface area contributed by atoms with Gasteiger partial charge in [0.1, 0.15) is 0 Å². The second kappa shape index (κ2) is 8.89. The summed E-state index contributed by atoms with van der Waals surface area (Å²) in [5.41, 5.74) is 0. The molecule has 0 amide bonds. The summed E-state index contributed by atoms with van der Waals surface area (Å²) in [6.07, 6.45) is 3.14. The van der Waals surface area contributed by atoms with Crippen LogP contribution in [0.5, 0.6) is 0 Å². The van der Waals surface area contributed by atoms with Gasteiger partial charge < -0.3 is 0 Å². The van der Waals surface area contributed by atoms with E-state index >= 15 is 0 Å². The molecule has 2 saturated carbocycles. The molecule has 0 N–H and O–H groups in total. The summed E-state index contributed by atoms with van der Waals surface area (Å²) >= 11 is 0. The minimum atomic E-state index is -6.22. The fraction of sp³-hybridized carbons (Fsp3) is 1.00. The van der Waals surface area contributed by atoms with Crippen LogP contribution < -0.4 is 0 Å². The Kier molecular flexibility index (Phi) is 7.51. The first-order chi connectivity index (χ1) is 12.5. The first kappa shape index (κ1) is 22.8. The van der Waals surface area contributed by atoms with E-state index in [1.54, 1.807) is 0 Å². The van der Waals surface area contributed by atoms with Crippen molar-refractivity contribution in [2.45, 2.75) is 102 Å². The standard InChI is InChI=1S/C20H31F7/c1-2-3-4-5-14-6-8-15(9-7-14)16-10-12-17(13-11-16)18(21,22)19(23,24)20(25,26)27/h14-17H,2-13H2,1H3/t14-,15-,16-,17-. The maximum atomic E-state index is 13.9. The van der Waals surface area contributed by atoms with Gasteiger partial charge in [-0.15, -0.1) is 0 Å². The number of halogens is 7. The molecule has 27 heavy (non-hydrogen) atoms. The van der Waals surface area contributed by atoms with E-state index in [-0.39, 0.29) is 18.8 Å². The third kappa shape index (κ3) is 5.11. The molecule has 0 unspecified atom stereocenters. The summed E-state index contributed by atoms with van der Waals surface area (Å²) in [4.78, 5) is 0. The average molecular weight is 404 g/mol. The summed E-state index contributed by atoms with van der Waals surface area (Å²) in [7, 11) is 0. The molecule has 0 nitrogen and oxygen atoms in total. The number of hydrogen-bond donors (Lipinski definition) is 0. The van der Waals surface area contributed by atoms with Crippen molar-refractivity contribution >= 4 is 0 Å². The zero-order chi connectivity index (χ0) is 20.3. The van der Waals surface area contributed by atoms with Crippen molar-refractivity contribution in [1.29, 1.82) is 0 Å². The number of rotatable bonds is 7. The van der Waals surface area contributed by atoms with Crippen molar-refractivity contribution in [3.63, 3.8) is 0 Å². The summed E-state index contributed by atoms with van der Waals surface area (Å²) < 4.78 is 91.4. The second-order valence-electron chi connectivity index (χ2n) is 8.58. The van der Waals surface area contributed by atoms with Crippen LogP contribution in [0.3, 0.4) is 0 Å². The molecule has 0 spiro atoms. The van der Waals surface area contributed by atoms with Gasteiger partial charge in [-0.25, -0.2) is 0 Å². The predicted octanol–water partition coefficient (Wildman–Crippen LogP) is 8.01. The quantitative estimate of drug-likeness (QED) is 0.298. The maximum Gasteiger partial charge on any atom is 0.459 e. The second-order valence-corrected chi connectivity index (χ2v) is 8.58. The third-order valence-electron chi connectivity index (χ3n) is 6.83. The van der Waals surface area contributed by atoms with Crippen molar-refractivity contribution in [1.82, 2.24) is 0 Å². The van der Waals surface area contributed by atoms with E-state index < -0.39 is 23.9 Å². The molecule has 2 aliphatic carbocycles. The Morgan fingerprint density at radius 2 is 1.15 bits per heavy atom. The van der Waals surface area contributed by atoms with Crippen LogP contribution in [0.25, 0.3) is 0 Å². The lowest BCUT2D eigenvalue weighted by molar-refractivity contribution is -0.367. The zero-order valence-electron chi connectivity index (χ0n) is 15.9. The Balaban J connectivity index is 1.82. The highest BCUT2D eigenvalue weighted by Gasteiger charge is 2.74. The van der Waals surface area contributed by atoms with Crippen LogP contribution in [0.4, 0.5) is 30.7 Å². The van der Waals surface area contributed by atoms with Gasteiger partial charge in [0.25, 0.3) is 0 Å². The van der Waals surface area contributed by atoms with Gasteiger partial charge in [0.2, 0.25) is 0 Å². The lowest BCUT2D eigenvalue weighted by Crippen LogP contribution is -2.56. The largest absolute Gasteiger partial charge is 0.459 e. The number of hydrogen-bond acceptors (Lipinski definition) is 0. The van der Waals surface area contributed by atoms with Crippen LogP contribution >= 0.6 is 0 Å². The van der Waals surface area contributed by atoms with Crippen molar-refractivity contribution < 1.29 is 30.7 Å². The fourth-order valence-corrected chi connectivity index (χ4v) is 5.03. The van der Waals surface area contributed by atoms with Crippen molar-refractivity contribution in [2.75, 3.05) is 0 Å².